The maximum Gasteiger partial charge on any atom is 0.201 e. The molecule has 1 atom stereocenters. The van der Waals surface area contributed by atoms with Crippen LogP contribution in [0.25, 0.3) is 0 Å². The SMILES string of the molecule is CCOC1(OCC)NCC[SiH]1CCN(CC)CC. The molecule has 0 spiro atoms. The predicted octanol–water partition coefficient (Wildman–Crippen LogP) is 1.42. The van der Waals surface area contributed by atoms with Gasteiger partial charge >= 0.3 is 0 Å². The largest absolute Gasteiger partial charge is 0.342 e. The van der Waals surface area contributed by atoms with Crippen molar-refractivity contribution in [3.63, 3.8) is 0 Å². The molecule has 0 aromatic heterocycles. The fraction of sp³-hybridized carbons (Fsp3) is 1.00. The van der Waals surface area contributed by atoms with Crippen LogP contribution in [-0.2, 0) is 9.47 Å². The van der Waals surface area contributed by atoms with Gasteiger partial charge in [0.05, 0.1) is 0 Å². The van der Waals surface area contributed by atoms with E-state index in [2.05, 4.69) is 37.9 Å². The highest BCUT2D eigenvalue weighted by atomic mass is 28.3. The molecule has 0 aromatic carbocycles. The van der Waals surface area contributed by atoms with Crippen molar-refractivity contribution in [3.8, 4) is 0 Å². The highest BCUT2D eigenvalue weighted by molar-refractivity contribution is 6.62. The van der Waals surface area contributed by atoms with Crippen LogP contribution in [0.3, 0.4) is 0 Å². The molecule has 1 rings (SSSR count). The zero-order chi connectivity index (χ0) is 13.4. The summed E-state index contributed by atoms with van der Waals surface area (Å²) >= 11 is 0. The Morgan fingerprint density at radius 1 is 1.11 bits per heavy atom. The van der Waals surface area contributed by atoms with Crippen LogP contribution >= 0.6 is 0 Å². The van der Waals surface area contributed by atoms with E-state index in [1.54, 1.807) is 0 Å². The normalized spacial score (nSPS) is 22.8. The van der Waals surface area contributed by atoms with Crippen molar-refractivity contribution in [1.29, 1.82) is 0 Å². The molecule has 0 bridgehead atoms. The maximum absolute atomic E-state index is 5.95. The van der Waals surface area contributed by atoms with Crippen LogP contribution in [0.15, 0.2) is 0 Å². The molecule has 0 saturated carbocycles. The van der Waals surface area contributed by atoms with Crippen LogP contribution in [0, 0.1) is 0 Å². The number of nitrogens with zero attached hydrogens (tertiary/aromatic N) is 1. The van der Waals surface area contributed by atoms with Crippen LogP contribution in [0.5, 0.6) is 0 Å². The topological polar surface area (TPSA) is 33.7 Å². The molecule has 0 aliphatic carbocycles. The predicted molar refractivity (Wildman–Crippen MR) is 78.5 cm³/mol. The van der Waals surface area contributed by atoms with Crippen LogP contribution in [0.2, 0.25) is 12.1 Å². The Kier molecular flexibility index (Phi) is 7.40. The van der Waals surface area contributed by atoms with Gasteiger partial charge in [0.2, 0.25) is 5.53 Å². The van der Waals surface area contributed by atoms with Crippen LogP contribution in [0.1, 0.15) is 27.7 Å². The first-order valence-corrected chi connectivity index (χ1v) is 9.68. The first-order valence-electron chi connectivity index (χ1n) is 7.47. The summed E-state index contributed by atoms with van der Waals surface area (Å²) in [5.41, 5.74) is -0.392. The Bertz CT molecular complexity index is 219. The van der Waals surface area contributed by atoms with Gasteiger partial charge in [-0.15, -0.1) is 0 Å². The average molecular weight is 274 g/mol. The van der Waals surface area contributed by atoms with Gasteiger partial charge in [-0.3, -0.25) is 5.32 Å². The van der Waals surface area contributed by atoms with Crippen molar-refractivity contribution < 1.29 is 9.47 Å². The Hall–Kier alpha value is 0.0569. The number of nitrogens with one attached hydrogen (secondary N) is 1. The molecular weight excluding hydrogens is 244 g/mol. The molecule has 1 fully saturated rings. The molecular formula is C13H30N2O2Si. The van der Waals surface area contributed by atoms with Crippen LogP contribution in [0.4, 0.5) is 0 Å². The summed E-state index contributed by atoms with van der Waals surface area (Å²) in [4.78, 5) is 2.49. The monoisotopic (exact) mass is 274 g/mol. The Labute approximate surface area is 114 Å². The molecule has 1 N–H and O–H groups in total. The summed E-state index contributed by atoms with van der Waals surface area (Å²) in [7, 11) is -1.05. The van der Waals surface area contributed by atoms with Crippen molar-refractivity contribution >= 4 is 8.80 Å². The molecule has 1 unspecified atom stereocenters. The quantitative estimate of drug-likeness (QED) is 0.509. The van der Waals surface area contributed by atoms with Crippen LogP contribution < -0.4 is 5.32 Å². The summed E-state index contributed by atoms with van der Waals surface area (Å²) in [5, 5.41) is 3.48. The van der Waals surface area contributed by atoms with E-state index in [4.69, 9.17) is 9.47 Å². The summed E-state index contributed by atoms with van der Waals surface area (Å²) in [6, 6.07) is 2.55. The van der Waals surface area contributed by atoms with Crippen molar-refractivity contribution in [1.82, 2.24) is 10.2 Å². The van der Waals surface area contributed by atoms with Gasteiger partial charge in [-0.2, -0.15) is 0 Å². The second-order valence-electron chi connectivity index (χ2n) is 4.76. The van der Waals surface area contributed by atoms with Crippen molar-refractivity contribution in [2.45, 2.75) is 45.3 Å². The molecule has 1 saturated heterocycles. The number of hydrogen-bond donors (Lipinski definition) is 1. The molecule has 0 radical (unpaired) electrons. The van der Waals surface area contributed by atoms with Gasteiger partial charge in [0.15, 0.2) is 0 Å². The standard InChI is InChI=1S/C13H30N2O2Si/c1-5-15(6-2)10-12-18-11-9-14-13(18,16-7-3)17-8-4/h14,18H,5-12H2,1-4H3. The zero-order valence-electron chi connectivity index (χ0n) is 12.5. The lowest BCUT2D eigenvalue weighted by atomic mass is 10.5. The van der Waals surface area contributed by atoms with Crippen LogP contribution in [-0.4, -0.2) is 58.6 Å². The highest BCUT2D eigenvalue weighted by Gasteiger charge is 2.45. The first-order chi connectivity index (χ1) is 8.72. The minimum Gasteiger partial charge on any atom is -0.342 e. The summed E-state index contributed by atoms with van der Waals surface area (Å²) in [6.07, 6.45) is 0. The minimum absolute atomic E-state index is 0.392. The molecule has 4 nitrogen and oxygen atoms in total. The van der Waals surface area contributed by atoms with E-state index >= 15 is 0 Å². The van der Waals surface area contributed by atoms with Gasteiger partial charge in [-0.25, -0.2) is 0 Å². The third-order valence-electron chi connectivity index (χ3n) is 3.81. The summed E-state index contributed by atoms with van der Waals surface area (Å²) in [6.45, 7) is 14.5. The second-order valence-corrected chi connectivity index (χ2v) is 8.07. The maximum atomic E-state index is 5.95. The Morgan fingerprint density at radius 3 is 2.22 bits per heavy atom. The molecule has 1 aliphatic rings. The number of hydrogen-bond acceptors (Lipinski definition) is 4. The van der Waals surface area contributed by atoms with E-state index in [0.29, 0.717) is 0 Å². The third-order valence-corrected chi connectivity index (χ3v) is 7.36. The van der Waals surface area contributed by atoms with Gasteiger partial charge in [-0.05, 0) is 52.1 Å². The number of rotatable bonds is 9. The fourth-order valence-electron chi connectivity index (χ4n) is 2.78. The van der Waals surface area contributed by atoms with Crippen molar-refractivity contribution in [2.75, 3.05) is 39.4 Å². The van der Waals surface area contributed by atoms with Gasteiger partial charge in [0, 0.05) is 13.2 Å². The van der Waals surface area contributed by atoms with E-state index in [-0.39, 0.29) is 0 Å². The lowest BCUT2D eigenvalue weighted by Crippen LogP contribution is -2.55. The van der Waals surface area contributed by atoms with E-state index in [1.165, 1.54) is 18.6 Å². The second kappa shape index (κ2) is 8.27. The lowest BCUT2D eigenvalue weighted by molar-refractivity contribution is -0.191. The number of ether oxygens (including phenoxy) is 2. The van der Waals surface area contributed by atoms with Gasteiger partial charge in [0.25, 0.3) is 0 Å². The van der Waals surface area contributed by atoms with Gasteiger partial charge in [0.1, 0.15) is 8.80 Å². The molecule has 0 amide bonds. The smallest absolute Gasteiger partial charge is 0.201 e. The first kappa shape index (κ1) is 16.1. The Balaban J connectivity index is 2.55. The van der Waals surface area contributed by atoms with E-state index in [9.17, 15) is 0 Å². The van der Waals surface area contributed by atoms with Gasteiger partial charge < -0.3 is 14.4 Å². The highest BCUT2D eigenvalue weighted by Crippen LogP contribution is 2.25. The summed E-state index contributed by atoms with van der Waals surface area (Å²) < 4.78 is 11.9. The van der Waals surface area contributed by atoms with E-state index in [1.807, 2.05) is 0 Å². The van der Waals surface area contributed by atoms with Crippen molar-refractivity contribution in [3.05, 3.63) is 0 Å². The zero-order valence-corrected chi connectivity index (χ0v) is 13.7. The molecule has 1 aliphatic heterocycles. The average Bonchev–Trinajstić information content (AvgIpc) is 2.75. The molecule has 1 heterocycles. The van der Waals surface area contributed by atoms with Crippen molar-refractivity contribution in [2.24, 2.45) is 0 Å². The fourth-order valence-corrected chi connectivity index (χ4v) is 6.23. The van der Waals surface area contributed by atoms with E-state index < -0.39 is 14.3 Å². The molecule has 18 heavy (non-hydrogen) atoms. The third kappa shape index (κ3) is 4.03. The molecule has 0 aromatic rings. The molecule has 108 valence electrons. The molecule has 5 heteroatoms. The lowest BCUT2D eigenvalue weighted by Gasteiger charge is -2.35. The van der Waals surface area contributed by atoms with Gasteiger partial charge in [-0.1, -0.05) is 13.8 Å². The van der Waals surface area contributed by atoms with E-state index in [0.717, 1.165) is 32.8 Å². The Morgan fingerprint density at radius 2 is 1.72 bits per heavy atom. The summed E-state index contributed by atoms with van der Waals surface area (Å²) in [5.74, 6) is 0. The minimum atomic E-state index is -1.05.